The molecule has 3 aliphatic heterocycles. The monoisotopic (exact) mass is 645 g/mol. The molecule has 3 saturated heterocycles. The Morgan fingerprint density at radius 3 is 2.22 bits per heavy atom. The summed E-state index contributed by atoms with van der Waals surface area (Å²) in [6.07, 6.45) is 3.83. The number of amides is 1. The molecule has 4 atom stereocenters. The second-order valence-corrected chi connectivity index (χ2v) is 12.2. The summed E-state index contributed by atoms with van der Waals surface area (Å²) >= 11 is 0. The lowest BCUT2D eigenvalue weighted by atomic mass is 9.99. The number of aliphatic hydroxyl groups is 1. The Balaban J connectivity index is 1.22. The lowest BCUT2D eigenvalue weighted by Gasteiger charge is -2.39. The van der Waals surface area contributed by atoms with Crippen LogP contribution in [0.4, 0.5) is 27.6 Å². The van der Waals surface area contributed by atoms with E-state index in [9.17, 15) is 31.9 Å². The van der Waals surface area contributed by atoms with Gasteiger partial charge in [-0.2, -0.15) is 0 Å². The van der Waals surface area contributed by atoms with Gasteiger partial charge in [-0.1, -0.05) is 36.4 Å². The van der Waals surface area contributed by atoms with E-state index in [1.165, 1.54) is 25.0 Å². The van der Waals surface area contributed by atoms with Crippen LogP contribution in [0.15, 0.2) is 48.5 Å². The van der Waals surface area contributed by atoms with Gasteiger partial charge in [0.1, 0.15) is 5.56 Å². The number of aliphatic hydroxyl groups excluding tert-OH is 1. The van der Waals surface area contributed by atoms with Gasteiger partial charge in [0.05, 0.1) is 18.8 Å². The standard InChI is InChI=1S/C34H36F5N3O4/c35-28-27(29(36)31(38)32(39)30(28)37)33(44)40-23-6-3-5-22(15-23)34-45-25(16-26(46-34)21-10-8-20(19-43)9-11-21)18-42-14-4-7-24(42)17-41-12-1-2-13-41/h3,5-6,8-11,15,24-26,34,43H,1-2,4,7,12-14,16-19H2,(H,40,44)/t24-,25+,26-,34-/m0/s1. The number of likely N-dealkylation sites (tertiary alicyclic amines) is 2. The molecule has 0 aromatic heterocycles. The third kappa shape index (κ3) is 6.96. The van der Waals surface area contributed by atoms with Crippen LogP contribution in [0.3, 0.4) is 0 Å². The Kier molecular flexibility index (Phi) is 10.00. The van der Waals surface area contributed by atoms with Crippen molar-refractivity contribution in [2.45, 2.75) is 63.3 Å². The zero-order chi connectivity index (χ0) is 32.4. The molecule has 0 saturated carbocycles. The zero-order valence-corrected chi connectivity index (χ0v) is 25.2. The first-order valence-corrected chi connectivity index (χ1v) is 15.6. The SMILES string of the molecule is O=C(Nc1cccc([C@H]2O[C@@H](CN3CCC[C@H]3CN3CCCC3)C[C@@H](c3ccc(CO)cc3)O2)c1)c1c(F)c(F)c(F)c(F)c1F. The average Bonchev–Trinajstić information content (AvgIpc) is 3.75. The van der Waals surface area contributed by atoms with Crippen LogP contribution in [0, 0.1) is 29.1 Å². The van der Waals surface area contributed by atoms with Crippen LogP contribution >= 0.6 is 0 Å². The van der Waals surface area contributed by atoms with Crippen molar-refractivity contribution < 1.29 is 41.3 Å². The Labute approximate surface area is 263 Å². The van der Waals surface area contributed by atoms with Crippen molar-refractivity contribution in [2.75, 3.05) is 38.0 Å². The second-order valence-electron chi connectivity index (χ2n) is 12.2. The number of carbonyl (C=O) groups is 1. The number of carbonyl (C=O) groups excluding carboxylic acids is 1. The highest BCUT2D eigenvalue weighted by Gasteiger charge is 2.36. The first-order valence-electron chi connectivity index (χ1n) is 15.6. The molecule has 3 fully saturated rings. The van der Waals surface area contributed by atoms with Crippen LogP contribution in [0.25, 0.3) is 0 Å². The zero-order valence-electron chi connectivity index (χ0n) is 25.2. The van der Waals surface area contributed by atoms with Crippen molar-refractivity contribution in [1.82, 2.24) is 9.80 Å². The third-order valence-corrected chi connectivity index (χ3v) is 9.07. The minimum absolute atomic E-state index is 0.0508. The number of rotatable bonds is 9. The summed E-state index contributed by atoms with van der Waals surface area (Å²) in [5.74, 6) is -12.7. The molecule has 3 aliphatic rings. The Hall–Kier alpha value is -3.42. The Morgan fingerprint density at radius 1 is 0.826 bits per heavy atom. The normalized spacial score (nSPS) is 24.0. The van der Waals surface area contributed by atoms with Crippen LogP contribution < -0.4 is 5.32 Å². The lowest BCUT2D eigenvalue weighted by Crippen LogP contribution is -2.45. The quantitative estimate of drug-likeness (QED) is 0.163. The molecular formula is C34H36F5N3O4. The van der Waals surface area contributed by atoms with E-state index in [0.717, 1.165) is 50.1 Å². The summed E-state index contributed by atoms with van der Waals surface area (Å²) in [5, 5.41) is 11.7. The molecule has 1 amide bonds. The summed E-state index contributed by atoms with van der Waals surface area (Å²) in [4.78, 5) is 17.7. The van der Waals surface area contributed by atoms with Gasteiger partial charge in [-0.15, -0.1) is 0 Å². The summed E-state index contributed by atoms with van der Waals surface area (Å²) in [6, 6.07) is 14.1. The summed E-state index contributed by atoms with van der Waals surface area (Å²) in [5.41, 5.74) is 0.638. The molecule has 12 heteroatoms. The lowest BCUT2D eigenvalue weighted by molar-refractivity contribution is -0.253. The minimum atomic E-state index is -2.34. The fourth-order valence-electron chi connectivity index (χ4n) is 6.66. The second kappa shape index (κ2) is 14.1. The number of halogens is 5. The minimum Gasteiger partial charge on any atom is -0.392 e. The molecule has 0 bridgehead atoms. The van der Waals surface area contributed by atoms with Gasteiger partial charge in [-0.05, 0) is 68.6 Å². The van der Waals surface area contributed by atoms with Crippen molar-refractivity contribution in [1.29, 1.82) is 0 Å². The van der Waals surface area contributed by atoms with Crippen molar-refractivity contribution in [3.63, 3.8) is 0 Å². The molecule has 3 aromatic rings. The molecular weight excluding hydrogens is 609 g/mol. The van der Waals surface area contributed by atoms with Crippen molar-refractivity contribution in [3.8, 4) is 0 Å². The molecule has 3 aromatic carbocycles. The van der Waals surface area contributed by atoms with E-state index >= 15 is 0 Å². The molecule has 2 N–H and O–H groups in total. The van der Waals surface area contributed by atoms with Gasteiger partial charge in [-0.3, -0.25) is 9.69 Å². The van der Waals surface area contributed by atoms with Gasteiger partial charge in [0.25, 0.3) is 5.91 Å². The summed E-state index contributed by atoms with van der Waals surface area (Å²) in [6.45, 7) is 4.87. The van der Waals surface area contributed by atoms with Gasteiger partial charge < -0.3 is 24.8 Å². The van der Waals surface area contributed by atoms with E-state index in [4.69, 9.17) is 9.47 Å². The fourth-order valence-corrected chi connectivity index (χ4v) is 6.66. The molecule has 6 rings (SSSR count). The first kappa shape index (κ1) is 32.5. The summed E-state index contributed by atoms with van der Waals surface area (Å²) < 4.78 is 82.5. The maximum atomic E-state index is 14.3. The van der Waals surface area contributed by atoms with Gasteiger partial charge in [0, 0.05) is 36.8 Å². The van der Waals surface area contributed by atoms with Crippen LogP contribution in [-0.4, -0.2) is 65.7 Å². The number of ether oxygens (including phenoxy) is 2. The van der Waals surface area contributed by atoms with E-state index < -0.39 is 46.8 Å². The highest BCUT2D eigenvalue weighted by atomic mass is 19.2. The molecule has 0 radical (unpaired) electrons. The number of hydrogen-bond acceptors (Lipinski definition) is 6. The van der Waals surface area contributed by atoms with Crippen LogP contribution in [0.5, 0.6) is 0 Å². The molecule has 46 heavy (non-hydrogen) atoms. The third-order valence-electron chi connectivity index (χ3n) is 9.07. The molecule has 0 spiro atoms. The van der Waals surface area contributed by atoms with Gasteiger partial charge >= 0.3 is 0 Å². The first-order chi connectivity index (χ1) is 22.2. The highest BCUT2D eigenvalue weighted by Crippen LogP contribution is 2.39. The van der Waals surface area contributed by atoms with Crippen LogP contribution in [-0.2, 0) is 16.1 Å². The Morgan fingerprint density at radius 2 is 1.52 bits per heavy atom. The highest BCUT2D eigenvalue weighted by molar-refractivity contribution is 6.04. The number of nitrogens with zero attached hydrogens (tertiary/aromatic N) is 2. The molecule has 0 unspecified atom stereocenters. The van der Waals surface area contributed by atoms with Gasteiger partial charge in [0.15, 0.2) is 29.6 Å². The predicted octanol–water partition coefficient (Wildman–Crippen LogP) is 6.23. The maximum Gasteiger partial charge on any atom is 0.261 e. The topological polar surface area (TPSA) is 74.3 Å². The Bertz CT molecular complexity index is 1520. The van der Waals surface area contributed by atoms with Crippen molar-refractivity contribution >= 4 is 11.6 Å². The van der Waals surface area contributed by atoms with Gasteiger partial charge in [0.2, 0.25) is 5.82 Å². The van der Waals surface area contributed by atoms with Crippen molar-refractivity contribution in [2.24, 2.45) is 0 Å². The van der Waals surface area contributed by atoms with Crippen LogP contribution in [0.2, 0.25) is 0 Å². The number of nitrogens with one attached hydrogen (secondary N) is 1. The number of hydrogen-bond donors (Lipinski definition) is 2. The largest absolute Gasteiger partial charge is 0.392 e. The van der Waals surface area contributed by atoms with E-state index in [1.54, 1.807) is 12.1 Å². The van der Waals surface area contributed by atoms with E-state index in [-0.39, 0.29) is 24.5 Å². The van der Waals surface area contributed by atoms with E-state index in [0.29, 0.717) is 24.6 Å². The smallest absolute Gasteiger partial charge is 0.261 e. The number of benzene rings is 3. The molecule has 7 nitrogen and oxygen atoms in total. The van der Waals surface area contributed by atoms with Crippen LogP contribution in [0.1, 0.15) is 71.5 Å². The summed E-state index contributed by atoms with van der Waals surface area (Å²) in [7, 11) is 0. The molecule has 246 valence electrons. The molecule has 0 aliphatic carbocycles. The van der Waals surface area contributed by atoms with Crippen molar-refractivity contribution in [3.05, 3.63) is 99.9 Å². The van der Waals surface area contributed by atoms with E-state index in [2.05, 4.69) is 15.1 Å². The number of anilines is 1. The molecule has 3 heterocycles. The average molecular weight is 646 g/mol. The maximum absolute atomic E-state index is 14.3. The fraction of sp³-hybridized carbons (Fsp3) is 0.441. The predicted molar refractivity (Wildman–Crippen MR) is 159 cm³/mol. The van der Waals surface area contributed by atoms with Gasteiger partial charge in [-0.25, -0.2) is 22.0 Å². The van der Waals surface area contributed by atoms with E-state index in [1.807, 2.05) is 24.3 Å².